The van der Waals surface area contributed by atoms with Crippen LogP contribution in [0.2, 0.25) is 0 Å². The Morgan fingerprint density at radius 3 is 1.73 bits per heavy atom. The molecule has 0 spiro atoms. The summed E-state index contributed by atoms with van der Waals surface area (Å²) in [7, 11) is 0. The van der Waals surface area contributed by atoms with Gasteiger partial charge in [-0.3, -0.25) is 4.79 Å². The van der Waals surface area contributed by atoms with Gasteiger partial charge < -0.3 is 54.7 Å². The molecule has 0 amide bonds. The summed E-state index contributed by atoms with van der Waals surface area (Å²) in [4.78, 5) is 10.4. The van der Waals surface area contributed by atoms with Gasteiger partial charge in [-0.2, -0.15) is 0 Å². The van der Waals surface area contributed by atoms with Crippen LogP contribution in [0.4, 0.5) is 0 Å². The molecule has 1 unspecified atom stereocenters. The molecule has 0 fully saturated rings. The van der Waals surface area contributed by atoms with Crippen molar-refractivity contribution in [3.8, 4) is 0 Å². The van der Waals surface area contributed by atoms with Gasteiger partial charge in [0.2, 0.25) is 0 Å². The first kappa shape index (κ1) is 36.0. The van der Waals surface area contributed by atoms with E-state index in [1.807, 2.05) is 6.92 Å². The molecule has 1 N–H and O–H groups in total. The normalized spacial score (nSPS) is 8.67. The van der Waals surface area contributed by atoms with Gasteiger partial charge >= 0.3 is 27.7 Å². The van der Waals surface area contributed by atoms with Crippen LogP contribution in [-0.4, -0.2) is 11.1 Å². The summed E-state index contributed by atoms with van der Waals surface area (Å²) in [6.45, 7) is 4.00. The molecule has 7 heteroatoms. The van der Waals surface area contributed by atoms with Gasteiger partial charge in [0.05, 0.1) is 5.92 Å². The smallest absolute Gasteiger partial charge is 1.00 e. The molecule has 15 heavy (non-hydrogen) atoms. The van der Waals surface area contributed by atoms with E-state index in [-0.39, 0.29) is 77.3 Å². The molecule has 0 aromatic rings. The van der Waals surface area contributed by atoms with Gasteiger partial charge in [0.25, 0.3) is 0 Å². The van der Waals surface area contributed by atoms with Crippen molar-refractivity contribution in [2.45, 2.75) is 39.5 Å². The van der Waals surface area contributed by atoms with Crippen LogP contribution < -0.4 is 49.6 Å². The number of hydrogen-bond acceptors (Lipinski definition) is 1. The van der Waals surface area contributed by atoms with Crippen LogP contribution in [0.25, 0.3) is 0 Å². The molecule has 0 radical (unpaired) electrons. The SMILES string of the molecule is CCCCC(CC)C(=O)O.[Cl-].[Cl-].[Cl-].[Cl-].[Ti+4]. The molecule has 0 heterocycles. The molecule has 0 aromatic carbocycles. The number of carboxylic acid groups (broad SMARTS) is 1. The van der Waals surface area contributed by atoms with E-state index in [0.29, 0.717) is 0 Å². The van der Waals surface area contributed by atoms with E-state index >= 15 is 0 Å². The summed E-state index contributed by atoms with van der Waals surface area (Å²) in [5.41, 5.74) is 0. The van der Waals surface area contributed by atoms with Crippen molar-refractivity contribution >= 4 is 5.97 Å². The van der Waals surface area contributed by atoms with E-state index in [1.54, 1.807) is 0 Å². The van der Waals surface area contributed by atoms with Gasteiger partial charge in [0, 0.05) is 0 Å². The zero-order valence-corrected chi connectivity index (χ0v) is 13.4. The van der Waals surface area contributed by atoms with Gasteiger partial charge in [-0.05, 0) is 12.8 Å². The monoisotopic (exact) mass is 332 g/mol. The van der Waals surface area contributed by atoms with Crippen molar-refractivity contribution in [1.29, 1.82) is 0 Å². The van der Waals surface area contributed by atoms with Crippen LogP contribution in [0, 0.1) is 5.92 Å². The predicted molar refractivity (Wildman–Crippen MR) is 40.9 cm³/mol. The summed E-state index contributed by atoms with van der Waals surface area (Å²) in [6.07, 6.45) is 3.71. The molecule has 0 bridgehead atoms. The largest absolute Gasteiger partial charge is 4.00 e. The molecule has 92 valence electrons. The van der Waals surface area contributed by atoms with Gasteiger partial charge in [0.15, 0.2) is 0 Å². The van der Waals surface area contributed by atoms with Gasteiger partial charge in [-0.15, -0.1) is 0 Å². The summed E-state index contributed by atoms with van der Waals surface area (Å²) >= 11 is 0. The molecular formula is C8H16Cl4O2Ti. The zero-order chi connectivity index (χ0) is 7.98. The summed E-state index contributed by atoms with van der Waals surface area (Å²) in [5.74, 6) is -0.754. The van der Waals surface area contributed by atoms with Crippen LogP contribution in [-0.2, 0) is 26.5 Å². The second-order valence-corrected chi connectivity index (χ2v) is 2.59. The molecule has 0 saturated heterocycles. The molecular weight excluding hydrogens is 318 g/mol. The van der Waals surface area contributed by atoms with E-state index < -0.39 is 5.97 Å². The van der Waals surface area contributed by atoms with E-state index in [9.17, 15) is 4.79 Å². The van der Waals surface area contributed by atoms with Crippen molar-refractivity contribution in [3.05, 3.63) is 0 Å². The maximum Gasteiger partial charge on any atom is 4.00 e. The van der Waals surface area contributed by atoms with Crippen LogP contribution in [0.3, 0.4) is 0 Å². The quantitative estimate of drug-likeness (QED) is 0.507. The Balaban J connectivity index is -0.0000000405. The molecule has 2 nitrogen and oxygen atoms in total. The molecule has 1 atom stereocenters. The van der Waals surface area contributed by atoms with Gasteiger partial charge in [-0.1, -0.05) is 26.7 Å². The fraction of sp³-hybridized carbons (Fsp3) is 0.875. The fourth-order valence-electron chi connectivity index (χ4n) is 0.953. The van der Waals surface area contributed by atoms with E-state index in [0.717, 1.165) is 25.7 Å². The van der Waals surface area contributed by atoms with E-state index in [1.165, 1.54) is 0 Å². The standard InChI is InChI=1S/C8H16O2.4ClH.Ti/c1-3-5-6-7(4-2)8(9)10;;;;;/h7H,3-6H2,1-2H3,(H,9,10);4*1H;/q;;;;;+4/p-4. The Kier molecular flexibility index (Phi) is 58.8. The van der Waals surface area contributed by atoms with E-state index in [4.69, 9.17) is 5.11 Å². The first-order chi connectivity index (χ1) is 4.72. The number of rotatable bonds is 5. The van der Waals surface area contributed by atoms with Crippen LogP contribution in [0.1, 0.15) is 39.5 Å². The third-order valence-electron chi connectivity index (χ3n) is 1.75. The summed E-state index contributed by atoms with van der Waals surface area (Å²) in [6, 6.07) is 0. The van der Waals surface area contributed by atoms with Crippen molar-refractivity contribution in [1.82, 2.24) is 0 Å². The van der Waals surface area contributed by atoms with Crippen molar-refractivity contribution < 1.29 is 81.2 Å². The van der Waals surface area contributed by atoms with Crippen molar-refractivity contribution in [2.24, 2.45) is 5.92 Å². The molecule has 0 saturated carbocycles. The third-order valence-corrected chi connectivity index (χ3v) is 1.75. The Hall–Kier alpha value is 1.34. The second kappa shape index (κ2) is 24.5. The second-order valence-electron chi connectivity index (χ2n) is 2.59. The molecule has 0 rings (SSSR count). The number of carboxylic acids is 1. The van der Waals surface area contributed by atoms with Crippen molar-refractivity contribution in [3.63, 3.8) is 0 Å². The average molecular weight is 334 g/mol. The minimum atomic E-state index is -0.643. The number of aliphatic carboxylic acids is 1. The topological polar surface area (TPSA) is 37.3 Å². The number of unbranched alkanes of at least 4 members (excludes halogenated alkanes) is 1. The molecule has 0 aliphatic heterocycles. The van der Waals surface area contributed by atoms with E-state index in [2.05, 4.69) is 6.92 Å². The average Bonchev–Trinajstić information content (AvgIpc) is 1.89. The fourth-order valence-corrected chi connectivity index (χ4v) is 0.953. The van der Waals surface area contributed by atoms with Crippen LogP contribution in [0.5, 0.6) is 0 Å². The summed E-state index contributed by atoms with van der Waals surface area (Å²) < 4.78 is 0. The molecule has 0 aliphatic rings. The predicted octanol–water partition coefficient (Wildman–Crippen LogP) is -9.70. The maximum absolute atomic E-state index is 10.4. The molecule has 0 aromatic heterocycles. The van der Waals surface area contributed by atoms with Crippen LogP contribution in [0.15, 0.2) is 0 Å². The first-order valence-electron chi connectivity index (χ1n) is 3.95. The van der Waals surface area contributed by atoms with Gasteiger partial charge in [0.1, 0.15) is 0 Å². The molecule has 0 aliphatic carbocycles. The van der Waals surface area contributed by atoms with Gasteiger partial charge in [-0.25, -0.2) is 0 Å². The van der Waals surface area contributed by atoms with Crippen molar-refractivity contribution in [2.75, 3.05) is 0 Å². The Labute approximate surface area is 132 Å². The Morgan fingerprint density at radius 1 is 1.13 bits per heavy atom. The first-order valence-corrected chi connectivity index (χ1v) is 3.95. The zero-order valence-electron chi connectivity index (χ0n) is 8.77. The Morgan fingerprint density at radius 2 is 1.53 bits per heavy atom. The number of carbonyl (C=O) groups is 1. The van der Waals surface area contributed by atoms with Crippen LogP contribution >= 0.6 is 0 Å². The number of halogens is 4. The minimum Gasteiger partial charge on any atom is -1.00 e. The Bertz CT molecular complexity index is 117. The third kappa shape index (κ3) is 21.2. The number of hydrogen-bond donors (Lipinski definition) is 1. The minimum absolute atomic E-state index is 0. The maximum atomic E-state index is 10.4. The summed E-state index contributed by atoms with van der Waals surface area (Å²) in [5, 5.41) is 8.60.